The second kappa shape index (κ2) is 5.31. The summed E-state index contributed by atoms with van der Waals surface area (Å²) >= 11 is 0. The third kappa shape index (κ3) is 4.04. The highest BCUT2D eigenvalue weighted by Crippen LogP contribution is 2.16. The van der Waals surface area contributed by atoms with Crippen molar-refractivity contribution in [2.75, 3.05) is 33.3 Å². The Morgan fingerprint density at radius 1 is 1.40 bits per heavy atom. The van der Waals surface area contributed by atoms with E-state index >= 15 is 0 Å². The lowest BCUT2D eigenvalue weighted by molar-refractivity contribution is -0.897. The Kier molecular flexibility index (Phi) is 4.33. The molecule has 0 aromatic carbocycles. The highest BCUT2D eigenvalue weighted by molar-refractivity contribution is 5.86. The molecule has 1 rings (SSSR count). The van der Waals surface area contributed by atoms with Crippen LogP contribution >= 0.6 is 0 Å². The monoisotopic (exact) mass is 212 g/mol. The molecular weight excluding hydrogens is 190 g/mol. The first-order chi connectivity index (χ1) is 7.03. The molecule has 86 valence electrons. The first-order valence-electron chi connectivity index (χ1n) is 5.70. The summed E-state index contributed by atoms with van der Waals surface area (Å²) in [6.45, 7) is 9.41. The lowest BCUT2D eigenvalue weighted by Crippen LogP contribution is -2.41. The average Bonchev–Trinajstić information content (AvgIpc) is 2.60. The van der Waals surface area contributed by atoms with Crippen molar-refractivity contribution in [3.05, 3.63) is 12.2 Å². The number of likely N-dealkylation sites (tertiary alicyclic amines) is 1. The fourth-order valence-electron chi connectivity index (χ4n) is 2.06. The van der Waals surface area contributed by atoms with E-state index in [1.54, 1.807) is 6.92 Å². The molecule has 0 radical (unpaired) electrons. The van der Waals surface area contributed by atoms with Gasteiger partial charge in [0.2, 0.25) is 0 Å². The standard InChI is InChI=1S/C12H22NO2/c1-11(2)12(14)15-10-6-9-13(3)7-4-5-8-13/h1,4-10H2,2-3H3/q+1. The van der Waals surface area contributed by atoms with Crippen LogP contribution in [0.15, 0.2) is 12.2 Å². The number of hydrogen-bond donors (Lipinski definition) is 0. The number of esters is 1. The molecule has 0 atom stereocenters. The molecule has 0 N–H and O–H groups in total. The summed E-state index contributed by atoms with van der Waals surface area (Å²) in [5.41, 5.74) is 0.483. The highest BCUT2D eigenvalue weighted by atomic mass is 16.5. The molecule has 0 aromatic heterocycles. The van der Waals surface area contributed by atoms with Crippen molar-refractivity contribution in [3.63, 3.8) is 0 Å². The minimum atomic E-state index is -0.265. The van der Waals surface area contributed by atoms with E-state index < -0.39 is 0 Å². The van der Waals surface area contributed by atoms with Gasteiger partial charge in [-0.1, -0.05) is 6.58 Å². The molecular formula is C12H22NO2+. The van der Waals surface area contributed by atoms with Crippen molar-refractivity contribution in [1.82, 2.24) is 0 Å². The molecule has 1 saturated heterocycles. The van der Waals surface area contributed by atoms with E-state index in [2.05, 4.69) is 13.6 Å². The van der Waals surface area contributed by atoms with Crippen LogP contribution in [0.4, 0.5) is 0 Å². The van der Waals surface area contributed by atoms with Gasteiger partial charge in [0.15, 0.2) is 0 Å². The van der Waals surface area contributed by atoms with Gasteiger partial charge in [0.1, 0.15) is 0 Å². The quantitative estimate of drug-likeness (QED) is 0.300. The van der Waals surface area contributed by atoms with E-state index in [1.165, 1.54) is 25.9 Å². The van der Waals surface area contributed by atoms with Gasteiger partial charge in [0.25, 0.3) is 0 Å². The first kappa shape index (κ1) is 12.2. The third-order valence-corrected chi connectivity index (χ3v) is 3.07. The van der Waals surface area contributed by atoms with E-state index in [1.807, 2.05) is 0 Å². The Labute approximate surface area is 92.3 Å². The smallest absolute Gasteiger partial charge is 0.333 e. The minimum Gasteiger partial charge on any atom is -0.462 e. The topological polar surface area (TPSA) is 26.3 Å². The third-order valence-electron chi connectivity index (χ3n) is 3.07. The molecule has 1 fully saturated rings. The van der Waals surface area contributed by atoms with Crippen LogP contribution in [0.2, 0.25) is 0 Å². The van der Waals surface area contributed by atoms with Gasteiger partial charge in [-0.15, -0.1) is 0 Å². The largest absolute Gasteiger partial charge is 0.462 e. The lowest BCUT2D eigenvalue weighted by atomic mass is 10.3. The van der Waals surface area contributed by atoms with Crippen molar-refractivity contribution < 1.29 is 14.0 Å². The maximum Gasteiger partial charge on any atom is 0.333 e. The zero-order valence-corrected chi connectivity index (χ0v) is 9.92. The fraction of sp³-hybridized carbons (Fsp3) is 0.750. The summed E-state index contributed by atoms with van der Waals surface area (Å²) < 4.78 is 6.20. The molecule has 3 nitrogen and oxygen atoms in total. The minimum absolute atomic E-state index is 0.265. The molecule has 0 spiro atoms. The number of carbonyl (C=O) groups is 1. The van der Waals surface area contributed by atoms with E-state index in [9.17, 15) is 4.79 Å². The van der Waals surface area contributed by atoms with Crippen LogP contribution in [0.3, 0.4) is 0 Å². The van der Waals surface area contributed by atoms with Crippen molar-refractivity contribution in [2.24, 2.45) is 0 Å². The number of nitrogens with zero attached hydrogens (tertiary/aromatic N) is 1. The van der Waals surface area contributed by atoms with Crippen molar-refractivity contribution in [2.45, 2.75) is 26.2 Å². The Bertz CT molecular complexity index is 242. The summed E-state index contributed by atoms with van der Waals surface area (Å²) in [5.74, 6) is -0.265. The van der Waals surface area contributed by atoms with Gasteiger partial charge in [-0.2, -0.15) is 0 Å². The molecule has 0 saturated carbocycles. The van der Waals surface area contributed by atoms with E-state index in [0.29, 0.717) is 12.2 Å². The second-order valence-corrected chi connectivity index (χ2v) is 4.77. The normalized spacial score (nSPS) is 18.8. The summed E-state index contributed by atoms with van der Waals surface area (Å²) in [6.07, 6.45) is 3.62. The molecule has 0 unspecified atom stereocenters. The van der Waals surface area contributed by atoms with Crippen molar-refractivity contribution in [3.8, 4) is 0 Å². The predicted octanol–water partition coefficient (Wildman–Crippen LogP) is 1.74. The molecule has 0 aliphatic carbocycles. The van der Waals surface area contributed by atoms with Crippen LogP contribution in [-0.2, 0) is 9.53 Å². The van der Waals surface area contributed by atoms with Crippen LogP contribution < -0.4 is 0 Å². The number of carbonyl (C=O) groups excluding carboxylic acids is 1. The van der Waals surface area contributed by atoms with Gasteiger partial charge in [-0.3, -0.25) is 0 Å². The maximum absolute atomic E-state index is 11.1. The number of hydrogen-bond acceptors (Lipinski definition) is 2. The zero-order chi connectivity index (χ0) is 11.3. The van der Waals surface area contributed by atoms with E-state index in [-0.39, 0.29) is 5.97 Å². The molecule has 0 amide bonds. The molecule has 1 heterocycles. The van der Waals surface area contributed by atoms with Crippen LogP contribution in [-0.4, -0.2) is 43.7 Å². The Morgan fingerprint density at radius 3 is 2.53 bits per heavy atom. The van der Waals surface area contributed by atoms with Gasteiger partial charge >= 0.3 is 5.97 Å². The summed E-state index contributed by atoms with van der Waals surface area (Å²) in [6, 6.07) is 0. The van der Waals surface area contributed by atoms with E-state index in [4.69, 9.17) is 4.74 Å². The number of rotatable bonds is 5. The average molecular weight is 212 g/mol. The summed E-state index contributed by atoms with van der Waals surface area (Å²) in [7, 11) is 2.29. The van der Waals surface area contributed by atoms with Crippen LogP contribution in [0.5, 0.6) is 0 Å². The van der Waals surface area contributed by atoms with Gasteiger partial charge in [-0.25, -0.2) is 4.79 Å². The Hall–Kier alpha value is -0.830. The fourth-order valence-corrected chi connectivity index (χ4v) is 2.06. The number of ether oxygens (including phenoxy) is 1. The Balaban J connectivity index is 2.11. The molecule has 3 heteroatoms. The van der Waals surface area contributed by atoms with Gasteiger partial charge in [0, 0.05) is 24.8 Å². The van der Waals surface area contributed by atoms with Crippen LogP contribution in [0.25, 0.3) is 0 Å². The Morgan fingerprint density at radius 2 is 2.00 bits per heavy atom. The maximum atomic E-state index is 11.1. The lowest BCUT2D eigenvalue weighted by Gasteiger charge is -2.28. The van der Waals surface area contributed by atoms with Gasteiger partial charge < -0.3 is 9.22 Å². The molecule has 1 aliphatic heterocycles. The highest BCUT2D eigenvalue weighted by Gasteiger charge is 2.25. The summed E-state index contributed by atoms with van der Waals surface area (Å²) in [5, 5.41) is 0. The van der Waals surface area contributed by atoms with Crippen molar-refractivity contribution >= 4 is 5.97 Å². The number of quaternary nitrogens is 1. The zero-order valence-electron chi connectivity index (χ0n) is 9.92. The summed E-state index contributed by atoms with van der Waals surface area (Å²) in [4.78, 5) is 11.1. The second-order valence-electron chi connectivity index (χ2n) is 4.77. The SMILES string of the molecule is C=C(C)C(=O)OCCC[N+]1(C)CCCC1. The van der Waals surface area contributed by atoms with Gasteiger partial charge in [0.05, 0.1) is 33.3 Å². The van der Waals surface area contributed by atoms with Crippen LogP contribution in [0.1, 0.15) is 26.2 Å². The molecule has 0 bridgehead atoms. The van der Waals surface area contributed by atoms with E-state index in [0.717, 1.165) is 17.4 Å². The van der Waals surface area contributed by atoms with Crippen molar-refractivity contribution in [1.29, 1.82) is 0 Å². The predicted molar refractivity (Wildman–Crippen MR) is 60.4 cm³/mol. The molecule has 0 aromatic rings. The first-order valence-corrected chi connectivity index (χ1v) is 5.70. The van der Waals surface area contributed by atoms with Gasteiger partial charge in [-0.05, 0) is 6.92 Å². The molecule has 15 heavy (non-hydrogen) atoms. The van der Waals surface area contributed by atoms with Crippen LogP contribution in [0, 0.1) is 0 Å². The molecule has 1 aliphatic rings.